The molecule has 0 amide bonds. The average molecular weight is 275 g/mol. The molecule has 0 N–H and O–H groups in total. The van der Waals surface area contributed by atoms with E-state index in [-0.39, 0.29) is 0 Å². The molecule has 0 fully saturated rings. The molecule has 0 spiro atoms. The predicted molar refractivity (Wildman–Crippen MR) is 81.5 cm³/mol. The maximum absolute atomic E-state index is 5.71. The summed E-state index contributed by atoms with van der Waals surface area (Å²) >= 11 is 0. The first-order valence-corrected chi connectivity index (χ1v) is 6.81. The summed E-state index contributed by atoms with van der Waals surface area (Å²) in [5, 5.41) is 4.61. The van der Waals surface area contributed by atoms with Gasteiger partial charge in [-0.15, -0.1) is 0 Å². The minimum atomic E-state index is 0.440. The van der Waals surface area contributed by atoms with E-state index >= 15 is 0 Å². The van der Waals surface area contributed by atoms with E-state index in [1.165, 1.54) is 0 Å². The summed E-state index contributed by atoms with van der Waals surface area (Å²) in [6.45, 7) is 0.440. The molecule has 0 bridgehead atoms. The van der Waals surface area contributed by atoms with Crippen LogP contribution in [0.3, 0.4) is 0 Å². The van der Waals surface area contributed by atoms with Gasteiger partial charge in [-0.05, 0) is 0 Å². The highest BCUT2D eigenvalue weighted by Crippen LogP contribution is 2.24. The predicted octanol–water partition coefficient (Wildman–Crippen LogP) is 3.19. The number of hydrogen-bond donors (Lipinski definition) is 0. The first-order valence-electron chi connectivity index (χ1n) is 6.81. The van der Waals surface area contributed by atoms with Crippen molar-refractivity contribution in [1.29, 1.82) is 0 Å². The lowest BCUT2D eigenvalue weighted by Gasteiger charge is -2.14. The summed E-state index contributed by atoms with van der Waals surface area (Å²) in [4.78, 5) is 4.48. The zero-order valence-corrected chi connectivity index (χ0v) is 11.3. The lowest BCUT2D eigenvalue weighted by molar-refractivity contribution is 0.319. The van der Waals surface area contributed by atoms with Crippen LogP contribution in [0.25, 0.3) is 11.3 Å². The van der Waals surface area contributed by atoms with Gasteiger partial charge in [-0.1, -0.05) is 60.7 Å². The van der Waals surface area contributed by atoms with Crippen molar-refractivity contribution in [2.45, 2.75) is 0 Å². The smallest absolute Gasteiger partial charge is 0.318 e. The van der Waals surface area contributed by atoms with Gasteiger partial charge in [0.15, 0.2) is 0 Å². The summed E-state index contributed by atoms with van der Waals surface area (Å²) in [5.41, 5.74) is 3.89. The van der Waals surface area contributed by atoms with Crippen LogP contribution in [0.5, 0.6) is 6.01 Å². The summed E-state index contributed by atoms with van der Waals surface area (Å²) in [6.07, 6.45) is 1.90. The molecule has 4 nitrogen and oxygen atoms in total. The van der Waals surface area contributed by atoms with Gasteiger partial charge in [0, 0.05) is 11.1 Å². The third-order valence-corrected chi connectivity index (χ3v) is 3.40. The fraction of sp³-hybridized carbons (Fsp3) is 0.0588. The topological polar surface area (TPSA) is 39.4 Å². The second-order valence-electron chi connectivity index (χ2n) is 4.82. The van der Waals surface area contributed by atoms with Gasteiger partial charge in [0.25, 0.3) is 0 Å². The first kappa shape index (κ1) is 11.9. The average Bonchev–Trinajstić information content (AvgIpc) is 2.99. The Labute approximate surface area is 122 Å². The van der Waals surface area contributed by atoms with Crippen molar-refractivity contribution in [3.63, 3.8) is 0 Å². The van der Waals surface area contributed by atoms with Gasteiger partial charge in [-0.25, -0.2) is 0 Å². The summed E-state index contributed by atoms with van der Waals surface area (Å²) in [6, 6.07) is 20.6. The van der Waals surface area contributed by atoms with E-state index in [1.54, 1.807) is 4.68 Å². The molecular weight excluding hydrogens is 262 g/mol. The fourth-order valence-electron chi connectivity index (χ4n) is 2.34. The molecule has 0 saturated carbocycles. The van der Waals surface area contributed by atoms with Crippen molar-refractivity contribution in [3.8, 4) is 17.3 Å². The normalized spacial score (nSPS) is 13.2. The molecule has 1 aliphatic heterocycles. The number of benzene rings is 2. The van der Waals surface area contributed by atoms with Gasteiger partial charge < -0.3 is 4.74 Å². The maximum Gasteiger partial charge on any atom is 0.318 e. The van der Waals surface area contributed by atoms with Crippen molar-refractivity contribution in [1.82, 2.24) is 9.66 Å². The second-order valence-corrected chi connectivity index (χ2v) is 4.82. The van der Waals surface area contributed by atoms with E-state index in [0.29, 0.717) is 12.6 Å². The van der Waals surface area contributed by atoms with E-state index < -0.39 is 0 Å². The Morgan fingerprint density at radius 1 is 0.857 bits per heavy atom. The zero-order valence-electron chi connectivity index (χ0n) is 11.3. The van der Waals surface area contributed by atoms with Gasteiger partial charge in [-0.3, -0.25) is 0 Å². The molecule has 0 radical (unpaired) electrons. The van der Waals surface area contributed by atoms with Gasteiger partial charge >= 0.3 is 6.01 Å². The van der Waals surface area contributed by atoms with Crippen LogP contribution in [0.1, 0.15) is 5.56 Å². The molecule has 2 aromatic carbocycles. The van der Waals surface area contributed by atoms with Gasteiger partial charge in [0.1, 0.15) is 12.3 Å². The minimum absolute atomic E-state index is 0.440. The number of rotatable bonds is 2. The van der Waals surface area contributed by atoms with E-state index in [9.17, 15) is 0 Å². The molecule has 1 aromatic heterocycles. The number of imidazole rings is 1. The molecule has 0 saturated heterocycles. The van der Waals surface area contributed by atoms with Crippen LogP contribution in [0.15, 0.2) is 72.0 Å². The Morgan fingerprint density at radius 2 is 1.52 bits per heavy atom. The molecule has 21 heavy (non-hydrogen) atoms. The van der Waals surface area contributed by atoms with Crippen LogP contribution >= 0.6 is 0 Å². The Hall–Kier alpha value is -2.88. The molecular formula is C17H13N3O. The van der Waals surface area contributed by atoms with Crippen LogP contribution in [-0.4, -0.2) is 22.0 Å². The van der Waals surface area contributed by atoms with E-state index in [1.807, 2.05) is 66.9 Å². The highest BCUT2D eigenvalue weighted by molar-refractivity contribution is 6.02. The number of ether oxygens (including phenoxy) is 1. The quantitative estimate of drug-likeness (QED) is 0.720. The number of hydrogen-bond acceptors (Lipinski definition) is 3. The first-order chi connectivity index (χ1) is 10.4. The third kappa shape index (κ3) is 2.21. The van der Waals surface area contributed by atoms with Crippen molar-refractivity contribution in [3.05, 3.63) is 72.4 Å². The molecule has 0 unspecified atom stereocenters. The lowest BCUT2D eigenvalue weighted by atomic mass is 10.1. The van der Waals surface area contributed by atoms with Crippen LogP contribution in [0, 0.1) is 0 Å². The zero-order chi connectivity index (χ0) is 14.1. The lowest BCUT2D eigenvalue weighted by Crippen LogP contribution is -2.20. The van der Waals surface area contributed by atoms with Crippen molar-refractivity contribution >= 4 is 5.71 Å². The molecule has 0 aliphatic carbocycles. The van der Waals surface area contributed by atoms with E-state index in [2.05, 4.69) is 10.1 Å². The van der Waals surface area contributed by atoms with Gasteiger partial charge in [0.05, 0.1) is 11.9 Å². The fourth-order valence-corrected chi connectivity index (χ4v) is 2.34. The second kappa shape index (κ2) is 4.90. The largest absolute Gasteiger partial charge is 0.457 e. The summed E-state index contributed by atoms with van der Waals surface area (Å²) in [7, 11) is 0. The highest BCUT2D eigenvalue weighted by atomic mass is 16.5. The maximum atomic E-state index is 5.71. The van der Waals surface area contributed by atoms with E-state index in [0.717, 1.165) is 22.5 Å². The molecule has 4 heteroatoms. The highest BCUT2D eigenvalue weighted by Gasteiger charge is 2.17. The van der Waals surface area contributed by atoms with Crippen molar-refractivity contribution in [2.24, 2.45) is 5.10 Å². The standard InChI is InChI=1S/C17H13N3O/c1-3-7-13(8-4-1)15-11-20-17(18-15)21-12-16(19-20)14-9-5-2-6-10-14/h1-11H,12H2. The van der Waals surface area contributed by atoms with Crippen LogP contribution in [0.4, 0.5) is 0 Å². The van der Waals surface area contributed by atoms with Crippen molar-refractivity contribution in [2.75, 3.05) is 6.61 Å². The van der Waals surface area contributed by atoms with Gasteiger partial charge in [-0.2, -0.15) is 14.8 Å². The minimum Gasteiger partial charge on any atom is -0.457 e. The molecule has 4 rings (SSSR count). The number of nitrogens with zero attached hydrogens (tertiary/aromatic N) is 3. The Bertz CT molecular complexity index is 791. The third-order valence-electron chi connectivity index (χ3n) is 3.40. The van der Waals surface area contributed by atoms with Crippen molar-refractivity contribution < 1.29 is 4.74 Å². The van der Waals surface area contributed by atoms with E-state index in [4.69, 9.17) is 4.74 Å². The number of fused-ring (bicyclic) bond motifs is 1. The summed E-state index contributed by atoms with van der Waals surface area (Å²) in [5.74, 6) is 0. The SMILES string of the molecule is c1ccc(C2=Nn3cc(-c4ccccc4)nc3OC2)cc1. The van der Waals surface area contributed by atoms with Crippen LogP contribution in [0.2, 0.25) is 0 Å². The molecule has 2 heterocycles. The van der Waals surface area contributed by atoms with Crippen LogP contribution < -0.4 is 4.74 Å². The Morgan fingerprint density at radius 3 is 2.24 bits per heavy atom. The number of aromatic nitrogens is 2. The molecule has 102 valence electrons. The molecule has 3 aromatic rings. The summed E-state index contributed by atoms with van der Waals surface area (Å²) < 4.78 is 7.42. The Kier molecular flexibility index (Phi) is 2.78. The molecule has 0 atom stereocenters. The Balaban J connectivity index is 1.73. The monoisotopic (exact) mass is 275 g/mol. The van der Waals surface area contributed by atoms with Gasteiger partial charge in [0.2, 0.25) is 0 Å². The van der Waals surface area contributed by atoms with Crippen LogP contribution in [-0.2, 0) is 0 Å². The molecule has 1 aliphatic rings.